The summed E-state index contributed by atoms with van der Waals surface area (Å²) in [6, 6.07) is 2.24. The third-order valence-corrected chi connectivity index (χ3v) is 1.92. The van der Waals surface area contributed by atoms with E-state index in [2.05, 4.69) is 4.98 Å². The summed E-state index contributed by atoms with van der Waals surface area (Å²) >= 11 is 0. The van der Waals surface area contributed by atoms with Gasteiger partial charge in [0.05, 0.1) is 6.61 Å². The predicted molar refractivity (Wildman–Crippen MR) is 53.8 cm³/mol. The van der Waals surface area contributed by atoms with Crippen LogP contribution in [0.3, 0.4) is 0 Å². The minimum absolute atomic E-state index is 0.242. The number of nitrogens with zero attached hydrogens (tertiary/aromatic N) is 1. The highest BCUT2D eigenvalue weighted by molar-refractivity contribution is 5.76. The number of carbonyl (C=O) groups excluding carboxylic acids is 1. The van der Waals surface area contributed by atoms with Crippen LogP contribution in [0.4, 0.5) is 0 Å². The van der Waals surface area contributed by atoms with Gasteiger partial charge in [0.1, 0.15) is 12.1 Å². The third kappa shape index (κ3) is 3.00. The molecule has 0 aliphatic rings. The van der Waals surface area contributed by atoms with E-state index in [1.165, 1.54) is 6.20 Å². The van der Waals surface area contributed by atoms with E-state index in [0.29, 0.717) is 5.56 Å². The normalized spacial score (nSPS) is 14.3. The maximum atomic E-state index is 11.2. The monoisotopic (exact) mass is 210 g/mol. The SMILES string of the molecule is CCOC(=O)[C@H](N)[C@H](O)c1cccnc1. The zero-order chi connectivity index (χ0) is 11.3. The van der Waals surface area contributed by atoms with Gasteiger partial charge in [-0.1, -0.05) is 6.07 Å². The van der Waals surface area contributed by atoms with Crippen molar-refractivity contribution in [2.75, 3.05) is 6.61 Å². The molecule has 5 heteroatoms. The van der Waals surface area contributed by atoms with Gasteiger partial charge in [0.25, 0.3) is 0 Å². The van der Waals surface area contributed by atoms with Crippen LogP contribution >= 0.6 is 0 Å². The maximum absolute atomic E-state index is 11.2. The van der Waals surface area contributed by atoms with Gasteiger partial charge in [-0.25, -0.2) is 0 Å². The van der Waals surface area contributed by atoms with Crippen molar-refractivity contribution in [2.24, 2.45) is 5.73 Å². The summed E-state index contributed by atoms with van der Waals surface area (Å²) < 4.78 is 4.70. The minimum atomic E-state index is -1.09. The Morgan fingerprint density at radius 3 is 3.00 bits per heavy atom. The van der Waals surface area contributed by atoms with E-state index >= 15 is 0 Å². The molecule has 0 unspecified atom stereocenters. The Bertz CT molecular complexity index is 316. The van der Waals surface area contributed by atoms with Crippen molar-refractivity contribution in [3.8, 4) is 0 Å². The molecule has 1 heterocycles. The van der Waals surface area contributed by atoms with Gasteiger partial charge in [-0.3, -0.25) is 9.78 Å². The highest BCUT2D eigenvalue weighted by atomic mass is 16.5. The summed E-state index contributed by atoms with van der Waals surface area (Å²) in [6.07, 6.45) is 1.95. The molecule has 2 atom stereocenters. The molecule has 0 saturated carbocycles. The van der Waals surface area contributed by atoms with Crippen molar-refractivity contribution in [1.29, 1.82) is 0 Å². The molecule has 1 rings (SSSR count). The molecule has 0 radical (unpaired) electrons. The number of ether oxygens (including phenoxy) is 1. The Hall–Kier alpha value is -1.46. The van der Waals surface area contributed by atoms with Gasteiger partial charge >= 0.3 is 5.97 Å². The van der Waals surface area contributed by atoms with Crippen molar-refractivity contribution in [2.45, 2.75) is 19.1 Å². The van der Waals surface area contributed by atoms with Gasteiger partial charge in [0, 0.05) is 18.0 Å². The number of aliphatic hydroxyl groups is 1. The van der Waals surface area contributed by atoms with E-state index < -0.39 is 18.1 Å². The van der Waals surface area contributed by atoms with E-state index in [0.717, 1.165) is 0 Å². The van der Waals surface area contributed by atoms with Crippen molar-refractivity contribution in [1.82, 2.24) is 4.98 Å². The molecule has 0 spiro atoms. The standard InChI is InChI=1S/C10H14N2O3/c1-2-15-10(14)8(11)9(13)7-4-3-5-12-6-7/h3-6,8-9,13H,2,11H2,1H3/t8-,9-/m1/s1. The average molecular weight is 210 g/mol. The first-order chi connectivity index (χ1) is 7.16. The summed E-state index contributed by atoms with van der Waals surface area (Å²) in [5, 5.41) is 9.72. The van der Waals surface area contributed by atoms with Gasteiger partial charge in [0.15, 0.2) is 0 Å². The average Bonchev–Trinajstić information content (AvgIpc) is 2.28. The number of hydrogen-bond donors (Lipinski definition) is 2. The molecule has 82 valence electrons. The highest BCUT2D eigenvalue weighted by Crippen LogP contribution is 2.14. The second kappa shape index (κ2) is 5.43. The smallest absolute Gasteiger partial charge is 0.325 e. The van der Waals surface area contributed by atoms with E-state index in [1.807, 2.05) is 0 Å². The van der Waals surface area contributed by atoms with Crippen LogP contribution in [0, 0.1) is 0 Å². The van der Waals surface area contributed by atoms with Crippen LogP contribution in [-0.2, 0) is 9.53 Å². The Morgan fingerprint density at radius 2 is 2.47 bits per heavy atom. The number of pyridine rings is 1. The first-order valence-electron chi connectivity index (χ1n) is 4.67. The Labute approximate surface area is 87.9 Å². The van der Waals surface area contributed by atoms with Crippen LogP contribution in [0.15, 0.2) is 24.5 Å². The van der Waals surface area contributed by atoms with Crippen molar-refractivity contribution in [3.63, 3.8) is 0 Å². The van der Waals surface area contributed by atoms with Crippen LogP contribution in [0.2, 0.25) is 0 Å². The van der Waals surface area contributed by atoms with Crippen molar-refractivity contribution >= 4 is 5.97 Å². The largest absolute Gasteiger partial charge is 0.465 e. The number of rotatable bonds is 4. The molecule has 0 saturated heterocycles. The molecule has 0 bridgehead atoms. The van der Waals surface area contributed by atoms with Gasteiger partial charge in [0.2, 0.25) is 0 Å². The second-order valence-electron chi connectivity index (χ2n) is 3.01. The quantitative estimate of drug-likeness (QED) is 0.683. The molecule has 15 heavy (non-hydrogen) atoms. The first kappa shape index (κ1) is 11.6. The molecule has 1 aromatic rings. The minimum Gasteiger partial charge on any atom is -0.465 e. The van der Waals surface area contributed by atoms with Gasteiger partial charge in [-0.2, -0.15) is 0 Å². The highest BCUT2D eigenvalue weighted by Gasteiger charge is 2.25. The number of esters is 1. The number of aliphatic hydroxyl groups excluding tert-OH is 1. The van der Waals surface area contributed by atoms with Crippen LogP contribution in [-0.4, -0.2) is 28.7 Å². The maximum Gasteiger partial charge on any atom is 0.325 e. The van der Waals surface area contributed by atoms with E-state index in [1.54, 1.807) is 25.3 Å². The molecule has 1 aromatic heterocycles. The first-order valence-corrected chi connectivity index (χ1v) is 4.67. The number of hydrogen-bond acceptors (Lipinski definition) is 5. The van der Waals surface area contributed by atoms with Crippen LogP contribution in [0.5, 0.6) is 0 Å². The lowest BCUT2D eigenvalue weighted by Crippen LogP contribution is -2.38. The van der Waals surface area contributed by atoms with E-state index in [-0.39, 0.29) is 6.61 Å². The molecule has 0 aliphatic heterocycles. The zero-order valence-corrected chi connectivity index (χ0v) is 8.46. The summed E-state index contributed by atoms with van der Waals surface area (Å²) in [5.74, 6) is -0.617. The fourth-order valence-electron chi connectivity index (χ4n) is 1.13. The molecule has 0 fully saturated rings. The van der Waals surface area contributed by atoms with Crippen LogP contribution < -0.4 is 5.73 Å². The van der Waals surface area contributed by atoms with Crippen molar-refractivity contribution < 1.29 is 14.6 Å². The van der Waals surface area contributed by atoms with Gasteiger partial charge in [-0.15, -0.1) is 0 Å². The van der Waals surface area contributed by atoms with E-state index in [9.17, 15) is 9.90 Å². The lowest BCUT2D eigenvalue weighted by Gasteiger charge is -2.16. The summed E-state index contributed by atoms with van der Waals surface area (Å²) in [4.78, 5) is 15.1. The molecule has 5 nitrogen and oxygen atoms in total. The number of carbonyl (C=O) groups is 1. The Balaban J connectivity index is 2.68. The van der Waals surface area contributed by atoms with E-state index in [4.69, 9.17) is 10.5 Å². The molecule has 0 aliphatic carbocycles. The van der Waals surface area contributed by atoms with Crippen molar-refractivity contribution in [3.05, 3.63) is 30.1 Å². The predicted octanol–water partition coefficient (Wildman–Crippen LogP) is 0.00540. The van der Waals surface area contributed by atoms with Crippen LogP contribution in [0.1, 0.15) is 18.6 Å². The fourth-order valence-corrected chi connectivity index (χ4v) is 1.13. The Morgan fingerprint density at radius 1 is 1.73 bits per heavy atom. The lowest BCUT2D eigenvalue weighted by molar-refractivity contribution is -0.147. The third-order valence-electron chi connectivity index (χ3n) is 1.92. The topological polar surface area (TPSA) is 85.4 Å². The summed E-state index contributed by atoms with van der Waals surface area (Å²) in [7, 11) is 0. The number of nitrogens with two attached hydrogens (primary N) is 1. The molecular weight excluding hydrogens is 196 g/mol. The molecular formula is C10H14N2O3. The van der Waals surface area contributed by atoms with Gasteiger partial charge < -0.3 is 15.6 Å². The summed E-state index contributed by atoms with van der Waals surface area (Å²) in [6.45, 7) is 1.92. The van der Waals surface area contributed by atoms with Gasteiger partial charge in [-0.05, 0) is 13.0 Å². The molecule has 0 amide bonds. The van der Waals surface area contributed by atoms with Crippen LogP contribution in [0.25, 0.3) is 0 Å². The molecule has 0 aromatic carbocycles. The molecule has 3 N–H and O–H groups in total. The Kier molecular flexibility index (Phi) is 4.20. The fraction of sp³-hybridized carbons (Fsp3) is 0.400. The summed E-state index contributed by atoms with van der Waals surface area (Å²) in [5.41, 5.74) is 6.02. The second-order valence-corrected chi connectivity index (χ2v) is 3.01. The zero-order valence-electron chi connectivity index (χ0n) is 8.46. The number of aromatic nitrogens is 1. The lowest BCUT2D eigenvalue weighted by atomic mass is 10.1.